The van der Waals surface area contributed by atoms with Crippen LogP contribution in [-0.2, 0) is 11.3 Å². The standard InChI is InChI=1S/C25H21Cl2N7O4S/c1-15-9-17(26)7-8-20(15)28-13-22-30-32-25(33(22)19-5-3-2-4-6-19)39-14-23(35)31-29-12-16-10-18(27)11-21(24(16)36)34(37)38/h2-12,28,36H,13-14H2,1H3,(H,31,35)/b29-12+. The van der Waals surface area contributed by atoms with Crippen LogP contribution in [-0.4, -0.2) is 42.7 Å². The lowest BCUT2D eigenvalue weighted by atomic mass is 10.2. The number of carbonyl (C=O) groups excluding carboxylic acids is 1. The highest BCUT2D eigenvalue weighted by Gasteiger charge is 2.18. The number of aromatic nitrogens is 3. The molecule has 11 nitrogen and oxygen atoms in total. The highest BCUT2D eigenvalue weighted by atomic mass is 35.5. The van der Waals surface area contributed by atoms with Crippen molar-refractivity contribution in [3.8, 4) is 11.4 Å². The summed E-state index contributed by atoms with van der Waals surface area (Å²) >= 11 is 13.1. The number of rotatable bonds is 10. The fourth-order valence-electron chi connectivity index (χ4n) is 3.52. The zero-order chi connectivity index (χ0) is 27.9. The van der Waals surface area contributed by atoms with Gasteiger partial charge in [-0.25, -0.2) is 5.43 Å². The number of nitrogens with one attached hydrogen (secondary N) is 2. The number of aromatic hydroxyl groups is 1. The summed E-state index contributed by atoms with van der Waals surface area (Å²) < 4.78 is 1.85. The first-order chi connectivity index (χ1) is 18.7. The number of carbonyl (C=O) groups is 1. The van der Waals surface area contributed by atoms with Gasteiger partial charge in [0.15, 0.2) is 11.0 Å². The second-order valence-electron chi connectivity index (χ2n) is 8.08. The van der Waals surface area contributed by atoms with Gasteiger partial charge in [0.05, 0.1) is 23.4 Å². The van der Waals surface area contributed by atoms with Crippen LogP contribution in [0.1, 0.15) is 17.0 Å². The number of hydrogen-bond donors (Lipinski definition) is 3. The Hall–Kier alpha value is -4.13. The minimum atomic E-state index is -0.767. The number of nitro benzene ring substituents is 1. The zero-order valence-electron chi connectivity index (χ0n) is 20.3. The van der Waals surface area contributed by atoms with Crippen molar-refractivity contribution in [3.63, 3.8) is 0 Å². The quantitative estimate of drug-likeness (QED) is 0.0975. The molecule has 14 heteroatoms. The summed E-state index contributed by atoms with van der Waals surface area (Å²) in [6.07, 6.45) is 1.08. The highest BCUT2D eigenvalue weighted by Crippen LogP contribution is 2.32. The van der Waals surface area contributed by atoms with Crippen molar-refractivity contribution in [2.45, 2.75) is 18.6 Å². The van der Waals surface area contributed by atoms with E-state index in [1.807, 2.05) is 54.0 Å². The summed E-state index contributed by atoms with van der Waals surface area (Å²) in [6, 6.07) is 17.4. The maximum atomic E-state index is 12.4. The van der Waals surface area contributed by atoms with Crippen molar-refractivity contribution in [1.29, 1.82) is 0 Å². The number of phenolic OH excluding ortho intramolecular Hbond substituents is 1. The average Bonchev–Trinajstić information content (AvgIpc) is 3.31. The van der Waals surface area contributed by atoms with Crippen molar-refractivity contribution in [1.82, 2.24) is 20.2 Å². The van der Waals surface area contributed by atoms with Gasteiger partial charge in [0.2, 0.25) is 5.75 Å². The molecule has 0 fully saturated rings. The van der Waals surface area contributed by atoms with E-state index >= 15 is 0 Å². The van der Waals surface area contributed by atoms with Gasteiger partial charge in [0.25, 0.3) is 5.91 Å². The van der Waals surface area contributed by atoms with Gasteiger partial charge in [-0.3, -0.25) is 19.5 Å². The molecule has 0 saturated carbocycles. The van der Waals surface area contributed by atoms with Crippen LogP contribution in [0.5, 0.6) is 5.75 Å². The Labute approximate surface area is 237 Å². The number of nitrogens with zero attached hydrogens (tertiary/aromatic N) is 5. The van der Waals surface area contributed by atoms with Gasteiger partial charge in [-0.1, -0.05) is 53.2 Å². The molecular weight excluding hydrogens is 565 g/mol. The Morgan fingerprint density at radius 2 is 1.92 bits per heavy atom. The van der Waals surface area contributed by atoms with Gasteiger partial charge >= 0.3 is 5.69 Å². The van der Waals surface area contributed by atoms with E-state index in [-0.39, 0.29) is 16.3 Å². The van der Waals surface area contributed by atoms with E-state index in [4.69, 9.17) is 23.2 Å². The SMILES string of the molecule is Cc1cc(Cl)ccc1NCc1nnc(SCC(=O)N/N=C/c2cc(Cl)cc([N+](=O)[O-])c2O)n1-c1ccccc1. The van der Waals surface area contributed by atoms with Gasteiger partial charge in [-0.15, -0.1) is 10.2 Å². The number of halogens is 2. The number of aryl methyl sites for hydroxylation is 1. The molecule has 39 heavy (non-hydrogen) atoms. The number of anilines is 1. The number of hydrogen-bond acceptors (Lipinski definition) is 9. The maximum absolute atomic E-state index is 12.4. The average molecular weight is 586 g/mol. The summed E-state index contributed by atoms with van der Waals surface area (Å²) in [6.45, 7) is 2.32. The molecule has 0 saturated heterocycles. The van der Waals surface area contributed by atoms with Crippen LogP contribution in [0.15, 0.2) is 70.9 Å². The second-order valence-corrected chi connectivity index (χ2v) is 9.90. The monoisotopic (exact) mass is 585 g/mol. The molecule has 0 aliphatic rings. The molecular formula is C25H21Cl2N7O4S. The van der Waals surface area contributed by atoms with Crippen molar-refractivity contribution < 1.29 is 14.8 Å². The lowest BCUT2D eigenvalue weighted by Crippen LogP contribution is -2.20. The van der Waals surface area contributed by atoms with Crippen LogP contribution in [0.4, 0.5) is 11.4 Å². The molecule has 0 spiro atoms. The maximum Gasteiger partial charge on any atom is 0.312 e. The molecule has 4 rings (SSSR count). The van der Waals surface area contributed by atoms with Crippen molar-refractivity contribution in [3.05, 3.63) is 97.8 Å². The van der Waals surface area contributed by atoms with Crippen molar-refractivity contribution in [2.24, 2.45) is 5.10 Å². The number of para-hydroxylation sites is 1. The normalized spacial score (nSPS) is 11.1. The molecule has 0 aliphatic heterocycles. The van der Waals surface area contributed by atoms with Crippen LogP contribution in [0.2, 0.25) is 10.0 Å². The summed E-state index contributed by atoms with van der Waals surface area (Å²) in [5, 5.41) is 38.0. The smallest absolute Gasteiger partial charge is 0.312 e. The van der Waals surface area contributed by atoms with E-state index in [1.54, 1.807) is 6.07 Å². The molecule has 0 unspecified atom stereocenters. The minimum Gasteiger partial charge on any atom is -0.502 e. The second kappa shape index (κ2) is 12.6. The van der Waals surface area contributed by atoms with Crippen molar-refractivity contribution >= 4 is 58.5 Å². The zero-order valence-corrected chi connectivity index (χ0v) is 22.7. The lowest BCUT2D eigenvalue weighted by molar-refractivity contribution is -0.385. The first kappa shape index (κ1) is 27.9. The summed E-state index contributed by atoms with van der Waals surface area (Å²) in [4.78, 5) is 22.7. The van der Waals surface area contributed by atoms with Gasteiger partial charge in [-0.2, -0.15) is 5.10 Å². The first-order valence-electron chi connectivity index (χ1n) is 11.3. The molecule has 0 atom stereocenters. The molecule has 1 heterocycles. The van der Waals surface area contributed by atoms with Gasteiger partial charge in [0, 0.05) is 33.0 Å². The molecule has 1 amide bonds. The Kier molecular flexibility index (Phi) is 9.02. The Morgan fingerprint density at radius 1 is 1.15 bits per heavy atom. The van der Waals surface area contributed by atoms with Gasteiger partial charge in [-0.05, 0) is 48.9 Å². The molecule has 0 radical (unpaired) electrons. The Morgan fingerprint density at radius 3 is 2.64 bits per heavy atom. The summed E-state index contributed by atoms with van der Waals surface area (Å²) in [7, 11) is 0. The first-order valence-corrected chi connectivity index (χ1v) is 13.1. The van der Waals surface area contributed by atoms with Crippen LogP contribution >= 0.6 is 35.0 Å². The molecule has 3 N–H and O–H groups in total. The third-order valence-electron chi connectivity index (χ3n) is 5.35. The minimum absolute atomic E-state index is 0.0148. The third kappa shape index (κ3) is 7.05. The summed E-state index contributed by atoms with van der Waals surface area (Å²) in [5.74, 6) is -0.489. The fraction of sp³-hybridized carbons (Fsp3) is 0.120. The third-order valence-corrected chi connectivity index (χ3v) is 6.73. The predicted octanol–water partition coefficient (Wildman–Crippen LogP) is 5.35. The van der Waals surface area contributed by atoms with E-state index in [0.717, 1.165) is 41.0 Å². The van der Waals surface area contributed by atoms with Crippen LogP contribution in [0, 0.1) is 17.0 Å². The highest BCUT2D eigenvalue weighted by molar-refractivity contribution is 7.99. The van der Waals surface area contributed by atoms with E-state index in [0.29, 0.717) is 22.5 Å². The van der Waals surface area contributed by atoms with Crippen LogP contribution in [0.25, 0.3) is 5.69 Å². The van der Waals surface area contributed by atoms with Crippen molar-refractivity contribution in [2.75, 3.05) is 11.1 Å². The van der Waals surface area contributed by atoms with E-state index in [9.17, 15) is 20.0 Å². The molecule has 200 valence electrons. The lowest BCUT2D eigenvalue weighted by Gasteiger charge is -2.12. The molecule has 3 aromatic carbocycles. The number of benzene rings is 3. The molecule has 0 bridgehead atoms. The van der Waals surface area contributed by atoms with E-state index in [1.165, 1.54) is 6.07 Å². The number of thioether (sulfide) groups is 1. The van der Waals surface area contributed by atoms with E-state index < -0.39 is 22.3 Å². The molecule has 0 aliphatic carbocycles. The number of hydrazone groups is 1. The number of nitro groups is 1. The fourth-order valence-corrected chi connectivity index (χ4v) is 4.73. The van der Waals surface area contributed by atoms with Gasteiger partial charge < -0.3 is 10.4 Å². The molecule has 1 aromatic heterocycles. The van der Waals surface area contributed by atoms with Gasteiger partial charge in [0.1, 0.15) is 0 Å². The predicted molar refractivity (Wildman–Crippen MR) is 151 cm³/mol. The Bertz CT molecular complexity index is 1550. The van der Waals surface area contributed by atoms with Crippen LogP contribution in [0.3, 0.4) is 0 Å². The summed E-state index contributed by atoms with van der Waals surface area (Å²) in [5.41, 5.74) is 4.46. The Balaban J connectivity index is 1.45. The number of amides is 1. The topological polar surface area (TPSA) is 148 Å². The number of phenols is 1. The van der Waals surface area contributed by atoms with Crippen LogP contribution < -0.4 is 10.7 Å². The largest absolute Gasteiger partial charge is 0.502 e. The van der Waals surface area contributed by atoms with E-state index in [2.05, 4.69) is 26.0 Å². The molecule has 4 aromatic rings.